The second-order valence-corrected chi connectivity index (χ2v) is 3.85. The zero-order valence-electron chi connectivity index (χ0n) is 10.0. The van der Waals surface area contributed by atoms with Gasteiger partial charge in [-0.25, -0.2) is 0 Å². The lowest BCUT2D eigenvalue weighted by molar-refractivity contribution is 0.818. The van der Waals surface area contributed by atoms with Gasteiger partial charge in [0.15, 0.2) is 0 Å². The van der Waals surface area contributed by atoms with E-state index in [1.165, 1.54) is 19.3 Å². The highest BCUT2D eigenvalue weighted by Crippen LogP contribution is 2.20. The van der Waals surface area contributed by atoms with Crippen LogP contribution in [-0.2, 0) is 0 Å². The van der Waals surface area contributed by atoms with Crippen molar-refractivity contribution in [1.82, 2.24) is 0 Å². The minimum Gasteiger partial charge on any atom is -0.0988 e. The average molecular weight is 192 g/mol. The predicted molar refractivity (Wildman–Crippen MR) is 66.5 cm³/mol. The van der Waals surface area contributed by atoms with E-state index < -0.39 is 0 Å². The summed E-state index contributed by atoms with van der Waals surface area (Å²) in [6.45, 7) is 14.4. The van der Waals surface area contributed by atoms with Gasteiger partial charge in [0, 0.05) is 0 Å². The lowest BCUT2D eigenvalue weighted by atomic mass is 9.97. The van der Waals surface area contributed by atoms with Crippen LogP contribution < -0.4 is 0 Å². The van der Waals surface area contributed by atoms with Gasteiger partial charge in [-0.1, -0.05) is 56.2 Å². The maximum atomic E-state index is 3.94. The Morgan fingerprint density at radius 3 is 2.21 bits per heavy atom. The maximum absolute atomic E-state index is 3.94. The van der Waals surface area contributed by atoms with Crippen LogP contribution in [-0.4, -0.2) is 0 Å². The largest absolute Gasteiger partial charge is 0.0988 e. The first kappa shape index (κ1) is 13.2. The summed E-state index contributed by atoms with van der Waals surface area (Å²) < 4.78 is 0. The Kier molecular flexibility index (Phi) is 7.18. The molecular formula is C14H24. The quantitative estimate of drug-likeness (QED) is 0.392. The van der Waals surface area contributed by atoms with Crippen LogP contribution in [0.4, 0.5) is 0 Å². The molecule has 0 amide bonds. The van der Waals surface area contributed by atoms with Crippen LogP contribution in [0.3, 0.4) is 0 Å². The van der Waals surface area contributed by atoms with Crippen molar-refractivity contribution >= 4 is 0 Å². The fourth-order valence-electron chi connectivity index (χ4n) is 1.66. The summed E-state index contributed by atoms with van der Waals surface area (Å²) in [5.41, 5.74) is 4.34. The van der Waals surface area contributed by atoms with Gasteiger partial charge in [-0.15, -0.1) is 0 Å². The first-order valence-electron chi connectivity index (χ1n) is 5.63. The smallest absolute Gasteiger partial charge is 0.0247 e. The molecule has 0 nitrogen and oxygen atoms in total. The van der Waals surface area contributed by atoms with Crippen LogP contribution in [0.15, 0.2) is 36.0 Å². The van der Waals surface area contributed by atoms with E-state index in [0.29, 0.717) is 0 Å². The van der Waals surface area contributed by atoms with Crippen molar-refractivity contribution in [3.63, 3.8) is 0 Å². The van der Waals surface area contributed by atoms with Gasteiger partial charge in [0.25, 0.3) is 0 Å². The standard InChI is InChI=1S/C14H24/c1-6-9-13(5)14(8-3)11-10-12(4)7-2/h7H,2,4,6,8-11H2,1,3,5H3/b14-13+. The molecule has 0 aromatic carbocycles. The van der Waals surface area contributed by atoms with E-state index in [0.717, 1.165) is 18.4 Å². The van der Waals surface area contributed by atoms with E-state index in [1.807, 2.05) is 6.08 Å². The van der Waals surface area contributed by atoms with Crippen molar-refractivity contribution in [2.45, 2.75) is 52.9 Å². The normalized spacial score (nSPS) is 12.2. The molecule has 0 saturated carbocycles. The maximum Gasteiger partial charge on any atom is -0.0247 e. The lowest BCUT2D eigenvalue weighted by Crippen LogP contribution is -1.89. The van der Waals surface area contributed by atoms with Gasteiger partial charge < -0.3 is 0 Å². The molecule has 0 aliphatic heterocycles. The summed E-state index contributed by atoms with van der Waals surface area (Å²) in [4.78, 5) is 0. The van der Waals surface area contributed by atoms with Crippen LogP contribution >= 0.6 is 0 Å². The number of allylic oxidation sites excluding steroid dienone is 4. The van der Waals surface area contributed by atoms with Gasteiger partial charge in [0.05, 0.1) is 0 Å². The fraction of sp³-hybridized carbons (Fsp3) is 0.571. The first-order chi connectivity index (χ1) is 6.65. The topological polar surface area (TPSA) is 0 Å². The van der Waals surface area contributed by atoms with E-state index in [4.69, 9.17) is 0 Å². The molecule has 0 aliphatic rings. The van der Waals surface area contributed by atoms with Crippen molar-refractivity contribution in [3.05, 3.63) is 36.0 Å². The minimum atomic E-state index is 1.06. The number of hydrogen-bond donors (Lipinski definition) is 0. The number of hydrogen-bond acceptors (Lipinski definition) is 0. The monoisotopic (exact) mass is 192 g/mol. The van der Waals surface area contributed by atoms with Crippen molar-refractivity contribution in [2.75, 3.05) is 0 Å². The highest BCUT2D eigenvalue weighted by molar-refractivity contribution is 5.17. The molecule has 0 N–H and O–H groups in total. The van der Waals surface area contributed by atoms with Gasteiger partial charge in [-0.05, 0) is 32.6 Å². The molecule has 0 spiro atoms. The Hall–Kier alpha value is -0.780. The van der Waals surface area contributed by atoms with Crippen LogP contribution in [0.5, 0.6) is 0 Å². The molecule has 0 saturated heterocycles. The number of rotatable bonds is 7. The van der Waals surface area contributed by atoms with Crippen LogP contribution in [0.1, 0.15) is 52.9 Å². The molecule has 14 heavy (non-hydrogen) atoms. The van der Waals surface area contributed by atoms with E-state index >= 15 is 0 Å². The molecule has 0 aromatic rings. The van der Waals surface area contributed by atoms with Crippen LogP contribution in [0.25, 0.3) is 0 Å². The lowest BCUT2D eigenvalue weighted by Gasteiger charge is -2.09. The molecule has 0 rings (SSSR count). The summed E-state index contributed by atoms with van der Waals surface area (Å²) in [6.07, 6.45) is 7.75. The third kappa shape index (κ3) is 5.06. The summed E-state index contributed by atoms with van der Waals surface area (Å²) in [6, 6.07) is 0. The minimum absolute atomic E-state index is 1.06. The Labute approximate surface area is 89.4 Å². The summed E-state index contributed by atoms with van der Waals surface area (Å²) in [5.74, 6) is 0. The molecular weight excluding hydrogens is 168 g/mol. The fourth-order valence-corrected chi connectivity index (χ4v) is 1.66. The second-order valence-electron chi connectivity index (χ2n) is 3.85. The van der Waals surface area contributed by atoms with Gasteiger partial charge in [0.2, 0.25) is 0 Å². The van der Waals surface area contributed by atoms with Gasteiger partial charge in [-0.2, -0.15) is 0 Å². The van der Waals surface area contributed by atoms with Gasteiger partial charge >= 0.3 is 0 Å². The summed E-state index contributed by atoms with van der Waals surface area (Å²) in [5, 5.41) is 0. The first-order valence-corrected chi connectivity index (χ1v) is 5.63. The molecule has 0 atom stereocenters. The SMILES string of the molecule is C=CC(=C)CC/C(CC)=C(\C)CCC. The third-order valence-electron chi connectivity index (χ3n) is 2.69. The average Bonchev–Trinajstić information content (AvgIpc) is 2.18. The zero-order chi connectivity index (χ0) is 11.0. The van der Waals surface area contributed by atoms with E-state index in [-0.39, 0.29) is 0 Å². The van der Waals surface area contributed by atoms with Crippen molar-refractivity contribution in [2.24, 2.45) is 0 Å². The molecule has 0 radical (unpaired) electrons. The Morgan fingerprint density at radius 2 is 1.79 bits per heavy atom. The second kappa shape index (κ2) is 7.61. The Balaban J connectivity index is 4.20. The summed E-state index contributed by atoms with van der Waals surface area (Å²) in [7, 11) is 0. The highest BCUT2D eigenvalue weighted by atomic mass is 14.1. The van der Waals surface area contributed by atoms with E-state index in [2.05, 4.69) is 33.9 Å². The third-order valence-corrected chi connectivity index (χ3v) is 2.69. The Bertz CT molecular complexity index is 218. The van der Waals surface area contributed by atoms with Crippen molar-refractivity contribution in [3.8, 4) is 0 Å². The van der Waals surface area contributed by atoms with Gasteiger partial charge in [0.1, 0.15) is 0 Å². The van der Waals surface area contributed by atoms with Crippen LogP contribution in [0, 0.1) is 0 Å². The van der Waals surface area contributed by atoms with Gasteiger partial charge in [-0.3, -0.25) is 0 Å². The zero-order valence-corrected chi connectivity index (χ0v) is 10.0. The van der Waals surface area contributed by atoms with E-state index in [1.54, 1.807) is 11.1 Å². The molecule has 80 valence electrons. The van der Waals surface area contributed by atoms with Crippen LogP contribution in [0.2, 0.25) is 0 Å². The van der Waals surface area contributed by atoms with Crippen molar-refractivity contribution in [1.29, 1.82) is 0 Å². The molecule has 0 fully saturated rings. The summed E-state index contributed by atoms with van der Waals surface area (Å²) >= 11 is 0. The van der Waals surface area contributed by atoms with Crippen molar-refractivity contribution < 1.29 is 0 Å². The molecule has 0 aliphatic carbocycles. The molecule has 0 heteroatoms. The molecule has 0 bridgehead atoms. The molecule has 0 unspecified atom stereocenters. The Morgan fingerprint density at radius 1 is 1.14 bits per heavy atom. The van der Waals surface area contributed by atoms with E-state index in [9.17, 15) is 0 Å². The molecule has 0 aromatic heterocycles. The predicted octanol–water partition coefficient (Wildman–Crippen LogP) is 5.04. The highest BCUT2D eigenvalue weighted by Gasteiger charge is 2.00. The molecule has 0 heterocycles.